The van der Waals surface area contributed by atoms with Gasteiger partial charge in [-0.05, 0) is 64.5 Å². The van der Waals surface area contributed by atoms with Crippen LogP contribution < -0.4 is 10.1 Å². The lowest BCUT2D eigenvalue weighted by Gasteiger charge is -2.06. The Morgan fingerprint density at radius 1 is 1.07 bits per heavy atom. The second kappa shape index (κ2) is 7.69. The van der Waals surface area contributed by atoms with Crippen molar-refractivity contribution in [3.05, 3.63) is 71.1 Å². The van der Waals surface area contributed by atoms with Crippen molar-refractivity contribution in [2.45, 2.75) is 0 Å². The minimum atomic E-state index is -0.381. The van der Waals surface area contributed by atoms with Crippen LogP contribution in [0.5, 0.6) is 5.75 Å². The van der Waals surface area contributed by atoms with Gasteiger partial charge in [-0.25, -0.2) is 0 Å². The Labute approximate surface area is 168 Å². The van der Waals surface area contributed by atoms with Gasteiger partial charge in [-0.15, -0.1) is 0 Å². The molecule has 0 radical (unpaired) electrons. The first-order valence-corrected chi connectivity index (χ1v) is 9.07. The van der Waals surface area contributed by atoms with Crippen molar-refractivity contribution in [1.29, 1.82) is 0 Å². The number of nitrogens with one attached hydrogen (secondary N) is 1. The highest BCUT2D eigenvalue weighted by Crippen LogP contribution is 2.29. The number of carbonyl (C=O) groups excluding carboxylic acids is 1. The van der Waals surface area contributed by atoms with Crippen LogP contribution in [0.2, 0.25) is 0 Å². The summed E-state index contributed by atoms with van der Waals surface area (Å²) in [6.45, 7) is 0. The summed E-state index contributed by atoms with van der Waals surface area (Å²) < 4.78 is 16.3. The summed E-state index contributed by atoms with van der Waals surface area (Å²) in [6, 6.07) is 17.7. The molecule has 4 aromatic rings. The van der Waals surface area contributed by atoms with Gasteiger partial charge in [0.1, 0.15) is 5.75 Å². The molecule has 0 fully saturated rings. The molecule has 2 heterocycles. The van der Waals surface area contributed by atoms with E-state index in [2.05, 4.69) is 31.4 Å². The Balaban J connectivity index is 1.61. The van der Waals surface area contributed by atoms with Crippen LogP contribution in [-0.4, -0.2) is 23.2 Å². The van der Waals surface area contributed by atoms with E-state index in [1.165, 1.54) is 0 Å². The molecule has 0 aliphatic rings. The number of carbonyl (C=O) groups is 1. The normalized spacial score (nSPS) is 10.6. The maximum absolute atomic E-state index is 12.4. The number of hydrogen-bond acceptors (Lipinski definition) is 6. The Bertz CT molecular complexity index is 1120. The number of para-hydroxylation sites is 1. The lowest BCUT2D eigenvalue weighted by molar-refractivity contribution is 0.0995. The molecule has 140 valence electrons. The molecule has 0 spiro atoms. The molecule has 0 atom stereocenters. The highest BCUT2D eigenvalue weighted by atomic mass is 79.9. The molecule has 0 aliphatic heterocycles. The summed E-state index contributed by atoms with van der Waals surface area (Å²) in [6.07, 6.45) is 0. The molecular weight excluding hydrogens is 426 g/mol. The summed E-state index contributed by atoms with van der Waals surface area (Å²) in [7, 11) is 1.61. The first kappa shape index (κ1) is 18.0. The van der Waals surface area contributed by atoms with Crippen LogP contribution in [-0.2, 0) is 0 Å². The molecule has 28 heavy (non-hydrogen) atoms. The van der Waals surface area contributed by atoms with Crippen LogP contribution in [0.25, 0.3) is 22.8 Å². The van der Waals surface area contributed by atoms with Crippen LogP contribution in [0.4, 0.5) is 5.69 Å². The largest absolute Gasteiger partial charge is 0.497 e. The smallest absolute Gasteiger partial charge is 0.291 e. The number of halogens is 1. The molecule has 0 aliphatic carbocycles. The maximum atomic E-state index is 12.4. The van der Waals surface area contributed by atoms with E-state index in [9.17, 15) is 4.79 Å². The highest BCUT2D eigenvalue weighted by molar-refractivity contribution is 9.10. The molecule has 4 rings (SSSR count). The van der Waals surface area contributed by atoms with Crippen molar-refractivity contribution in [2.75, 3.05) is 12.4 Å². The lowest BCUT2D eigenvalue weighted by atomic mass is 10.1. The third kappa shape index (κ3) is 3.67. The van der Waals surface area contributed by atoms with Crippen LogP contribution in [0, 0.1) is 0 Å². The monoisotopic (exact) mass is 439 g/mol. The van der Waals surface area contributed by atoms with E-state index in [1.54, 1.807) is 37.4 Å². The van der Waals surface area contributed by atoms with Gasteiger partial charge in [-0.3, -0.25) is 4.79 Å². The lowest BCUT2D eigenvalue weighted by Crippen LogP contribution is -2.11. The SMILES string of the molecule is COc1ccc(-c2noc(-c3ccccc3NC(=O)c3ccc(Br)o3)n2)cc1. The maximum Gasteiger partial charge on any atom is 0.291 e. The van der Waals surface area contributed by atoms with E-state index in [1.807, 2.05) is 30.3 Å². The van der Waals surface area contributed by atoms with E-state index in [4.69, 9.17) is 13.7 Å². The van der Waals surface area contributed by atoms with Gasteiger partial charge in [0, 0.05) is 5.56 Å². The Morgan fingerprint density at radius 3 is 2.57 bits per heavy atom. The minimum absolute atomic E-state index is 0.186. The number of rotatable bonds is 5. The van der Waals surface area contributed by atoms with Crippen LogP contribution >= 0.6 is 15.9 Å². The van der Waals surface area contributed by atoms with Crippen molar-refractivity contribution in [3.63, 3.8) is 0 Å². The Hall–Kier alpha value is -3.39. The van der Waals surface area contributed by atoms with E-state index in [0.29, 0.717) is 27.6 Å². The molecule has 1 N–H and O–H groups in total. The van der Waals surface area contributed by atoms with Gasteiger partial charge < -0.3 is 19.0 Å². The van der Waals surface area contributed by atoms with Gasteiger partial charge in [-0.2, -0.15) is 4.98 Å². The molecule has 2 aromatic heterocycles. The number of furan rings is 1. The van der Waals surface area contributed by atoms with E-state index >= 15 is 0 Å². The summed E-state index contributed by atoms with van der Waals surface area (Å²) in [5.74, 6) is 1.28. The molecule has 2 aromatic carbocycles. The molecule has 0 unspecified atom stereocenters. The van der Waals surface area contributed by atoms with Gasteiger partial charge in [-0.1, -0.05) is 17.3 Å². The fourth-order valence-electron chi connectivity index (χ4n) is 2.59. The number of methoxy groups -OCH3 is 1. The van der Waals surface area contributed by atoms with Crippen LogP contribution in [0.15, 0.2) is 74.3 Å². The van der Waals surface area contributed by atoms with E-state index in [0.717, 1.165) is 11.3 Å². The molecule has 1 amide bonds. The number of ether oxygens (including phenoxy) is 1. The van der Waals surface area contributed by atoms with Crippen LogP contribution in [0.3, 0.4) is 0 Å². The van der Waals surface area contributed by atoms with Gasteiger partial charge in [0.15, 0.2) is 10.4 Å². The van der Waals surface area contributed by atoms with Crippen molar-refractivity contribution >= 4 is 27.5 Å². The number of hydrogen-bond donors (Lipinski definition) is 1. The summed E-state index contributed by atoms with van der Waals surface area (Å²) in [5.41, 5.74) is 1.93. The van der Waals surface area contributed by atoms with Crippen molar-refractivity contribution in [1.82, 2.24) is 10.1 Å². The van der Waals surface area contributed by atoms with Crippen molar-refractivity contribution < 1.29 is 18.5 Å². The van der Waals surface area contributed by atoms with E-state index < -0.39 is 0 Å². The number of nitrogens with zero attached hydrogens (tertiary/aromatic N) is 2. The summed E-state index contributed by atoms with van der Waals surface area (Å²) in [4.78, 5) is 16.8. The number of aromatic nitrogens is 2. The molecule has 0 bridgehead atoms. The summed E-state index contributed by atoms with van der Waals surface area (Å²) in [5, 5.41) is 6.84. The van der Waals surface area contributed by atoms with Gasteiger partial charge in [0.25, 0.3) is 11.8 Å². The van der Waals surface area contributed by atoms with Crippen molar-refractivity contribution in [2.24, 2.45) is 0 Å². The average molecular weight is 440 g/mol. The fraction of sp³-hybridized carbons (Fsp3) is 0.0500. The van der Waals surface area contributed by atoms with Crippen LogP contribution in [0.1, 0.15) is 10.6 Å². The minimum Gasteiger partial charge on any atom is -0.497 e. The van der Waals surface area contributed by atoms with E-state index in [-0.39, 0.29) is 11.7 Å². The second-order valence-corrected chi connectivity index (χ2v) is 6.54. The predicted octanol–water partition coefficient (Wildman–Crippen LogP) is 5.02. The van der Waals surface area contributed by atoms with Gasteiger partial charge in [0.05, 0.1) is 18.4 Å². The number of anilines is 1. The number of benzene rings is 2. The Kier molecular flexibility index (Phi) is 4.94. The third-order valence-electron chi connectivity index (χ3n) is 3.98. The third-order valence-corrected chi connectivity index (χ3v) is 4.40. The first-order valence-electron chi connectivity index (χ1n) is 8.28. The molecule has 7 nitrogen and oxygen atoms in total. The molecule has 0 saturated carbocycles. The zero-order valence-electron chi connectivity index (χ0n) is 14.7. The Morgan fingerprint density at radius 2 is 1.86 bits per heavy atom. The summed E-state index contributed by atoms with van der Waals surface area (Å²) >= 11 is 3.18. The zero-order chi connectivity index (χ0) is 19.5. The van der Waals surface area contributed by atoms with Gasteiger partial charge in [0.2, 0.25) is 5.82 Å². The molecule has 0 saturated heterocycles. The van der Waals surface area contributed by atoms with Gasteiger partial charge >= 0.3 is 0 Å². The molecular formula is C20H14BrN3O4. The first-order chi connectivity index (χ1) is 13.6. The number of amides is 1. The standard InChI is InChI=1S/C20H14BrN3O4/c1-26-13-8-6-12(7-9-13)18-23-20(28-24-18)14-4-2-3-5-15(14)22-19(25)16-10-11-17(21)27-16/h2-11H,1H3,(H,22,25). The van der Waals surface area contributed by atoms with Crippen molar-refractivity contribution in [3.8, 4) is 28.6 Å². The second-order valence-electron chi connectivity index (χ2n) is 5.76. The molecule has 8 heteroatoms. The quantitative estimate of drug-likeness (QED) is 0.469. The average Bonchev–Trinajstić information content (AvgIpc) is 3.38. The zero-order valence-corrected chi connectivity index (χ0v) is 16.3. The predicted molar refractivity (Wildman–Crippen MR) is 106 cm³/mol. The highest BCUT2D eigenvalue weighted by Gasteiger charge is 2.17. The topological polar surface area (TPSA) is 90.4 Å². The fourth-order valence-corrected chi connectivity index (χ4v) is 2.90.